The molecule has 1 aliphatic heterocycles. The Morgan fingerprint density at radius 3 is 2.75 bits per heavy atom. The summed E-state index contributed by atoms with van der Waals surface area (Å²) in [7, 11) is 0. The predicted octanol–water partition coefficient (Wildman–Crippen LogP) is 5.36. The molecule has 1 saturated heterocycles. The molecule has 3 unspecified atom stereocenters. The van der Waals surface area contributed by atoms with E-state index in [-0.39, 0.29) is 5.91 Å². The fourth-order valence-corrected chi connectivity index (χ4v) is 5.88. The lowest BCUT2D eigenvalue weighted by Gasteiger charge is -2.27. The van der Waals surface area contributed by atoms with E-state index in [1.165, 1.54) is 25.7 Å². The lowest BCUT2D eigenvalue weighted by Crippen LogP contribution is -2.37. The summed E-state index contributed by atoms with van der Waals surface area (Å²) in [5.41, 5.74) is 1.38. The van der Waals surface area contributed by atoms with Crippen LogP contribution in [0.25, 0.3) is 10.9 Å². The zero-order valence-corrected chi connectivity index (χ0v) is 20.5. The maximum Gasteiger partial charge on any atom is 0.253 e. The zero-order valence-electron chi connectivity index (χ0n) is 19.7. The first kappa shape index (κ1) is 23.3. The molecule has 2 fully saturated rings. The molecule has 0 radical (unpaired) electrons. The quantitative estimate of drug-likeness (QED) is 0.608. The van der Waals surface area contributed by atoms with Crippen LogP contribution in [0.5, 0.6) is 0 Å². The number of carbonyl (C=O) groups is 1. The third kappa shape index (κ3) is 5.04. The topological polar surface area (TPSA) is 48.5 Å². The summed E-state index contributed by atoms with van der Waals surface area (Å²) >= 11 is 6.49. The molecule has 32 heavy (non-hydrogen) atoms. The summed E-state index contributed by atoms with van der Waals surface area (Å²) in [5.74, 6) is 2.21. The molecule has 4 rings (SSSR count). The number of halogens is 1. The maximum absolute atomic E-state index is 13.1. The maximum atomic E-state index is 13.1. The number of hydrogen-bond acceptors (Lipinski definition) is 4. The SMILES string of the molecule is CCN(CC)C1CCN(c2ccc3c(C(=O)NCC4CCCC(C)C4)c(Cl)ccc3n2)C1. The van der Waals surface area contributed by atoms with Crippen molar-refractivity contribution in [1.82, 2.24) is 15.2 Å². The van der Waals surface area contributed by atoms with Crippen molar-refractivity contribution in [1.29, 1.82) is 0 Å². The summed E-state index contributed by atoms with van der Waals surface area (Å²) in [4.78, 5) is 22.9. The van der Waals surface area contributed by atoms with Crippen molar-refractivity contribution in [3.63, 3.8) is 0 Å². The van der Waals surface area contributed by atoms with Crippen LogP contribution in [-0.4, -0.2) is 54.6 Å². The van der Waals surface area contributed by atoms with Gasteiger partial charge in [0.05, 0.1) is 16.1 Å². The van der Waals surface area contributed by atoms with Gasteiger partial charge in [-0.15, -0.1) is 0 Å². The molecule has 0 spiro atoms. The monoisotopic (exact) mass is 456 g/mol. The van der Waals surface area contributed by atoms with Crippen LogP contribution in [0.1, 0.15) is 63.2 Å². The minimum absolute atomic E-state index is 0.0869. The second-order valence-electron chi connectivity index (χ2n) is 9.62. The van der Waals surface area contributed by atoms with Gasteiger partial charge >= 0.3 is 0 Å². The Balaban J connectivity index is 1.49. The van der Waals surface area contributed by atoms with Crippen molar-refractivity contribution in [2.75, 3.05) is 37.6 Å². The number of nitrogens with one attached hydrogen (secondary N) is 1. The summed E-state index contributed by atoms with van der Waals surface area (Å²) in [6, 6.07) is 8.38. The van der Waals surface area contributed by atoms with Crippen LogP contribution in [0.4, 0.5) is 5.82 Å². The van der Waals surface area contributed by atoms with Crippen LogP contribution in [-0.2, 0) is 0 Å². The number of fused-ring (bicyclic) bond motifs is 1. The van der Waals surface area contributed by atoms with Gasteiger partial charge in [-0.2, -0.15) is 0 Å². The van der Waals surface area contributed by atoms with Crippen molar-refractivity contribution in [3.8, 4) is 0 Å². The van der Waals surface area contributed by atoms with Crippen molar-refractivity contribution >= 4 is 34.2 Å². The van der Waals surface area contributed by atoms with Crippen molar-refractivity contribution in [3.05, 3.63) is 34.9 Å². The smallest absolute Gasteiger partial charge is 0.253 e. The second kappa shape index (κ2) is 10.4. The number of benzene rings is 1. The molecule has 3 atom stereocenters. The van der Waals surface area contributed by atoms with E-state index in [0.29, 0.717) is 22.5 Å². The molecule has 6 heteroatoms. The molecular weight excluding hydrogens is 420 g/mol. The highest BCUT2D eigenvalue weighted by molar-refractivity contribution is 6.35. The number of pyridine rings is 1. The second-order valence-corrected chi connectivity index (χ2v) is 10.0. The van der Waals surface area contributed by atoms with Gasteiger partial charge in [0.1, 0.15) is 5.82 Å². The molecule has 1 N–H and O–H groups in total. The number of nitrogens with zero attached hydrogens (tertiary/aromatic N) is 3. The first-order chi connectivity index (χ1) is 15.5. The molecule has 2 heterocycles. The average Bonchev–Trinajstić information content (AvgIpc) is 3.28. The summed E-state index contributed by atoms with van der Waals surface area (Å²) in [6.45, 7) is 11.7. The Morgan fingerprint density at radius 1 is 1.19 bits per heavy atom. The van der Waals surface area contributed by atoms with Crippen molar-refractivity contribution in [2.45, 2.75) is 58.9 Å². The Bertz CT molecular complexity index is 945. The predicted molar refractivity (Wildman–Crippen MR) is 134 cm³/mol. The van der Waals surface area contributed by atoms with Gasteiger partial charge in [0.25, 0.3) is 5.91 Å². The lowest BCUT2D eigenvalue weighted by molar-refractivity contribution is 0.0942. The van der Waals surface area contributed by atoms with Gasteiger partial charge in [-0.05, 0) is 68.5 Å². The Morgan fingerprint density at radius 2 is 2.00 bits per heavy atom. The fraction of sp³-hybridized carbons (Fsp3) is 0.615. The normalized spacial score (nSPS) is 23.8. The standard InChI is InChI=1S/C26H37ClN4O/c1-4-30(5-2)20-13-14-31(17-20)24-12-9-21-23(29-24)11-10-22(27)25(21)26(32)28-16-19-8-6-7-18(3)15-19/h9-12,18-20H,4-8,13-17H2,1-3H3,(H,28,32). The van der Waals surface area contributed by atoms with E-state index in [2.05, 4.69) is 35.9 Å². The first-order valence-electron chi connectivity index (χ1n) is 12.4. The summed E-state index contributed by atoms with van der Waals surface area (Å²) in [6.07, 6.45) is 6.12. The summed E-state index contributed by atoms with van der Waals surface area (Å²) in [5, 5.41) is 4.48. The van der Waals surface area contributed by atoms with Crippen LogP contribution in [0.2, 0.25) is 5.02 Å². The molecule has 2 aromatic rings. The molecule has 2 aliphatic rings. The number of hydrogen-bond donors (Lipinski definition) is 1. The van der Waals surface area contributed by atoms with Crippen LogP contribution in [0, 0.1) is 11.8 Å². The van der Waals surface area contributed by atoms with Gasteiger partial charge in [-0.3, -0.25) is 9.69 Å². The number of likely N-dealkylation sites (N-methyl/N-ethyl adjacent to an activating group) is 1. The van der Waals surface area contributed by atoms with Gasteiger partial charge in [0.2, 0.25) is 0 Å². The average molecular weight is 457 g/mol. The third-order valence-electron chi connectivity index (χ3n) is 7.45. The van der Waals surface area contributed by atoms with E-state index in [9.17, 15) is 4.79 Å². The highest BCUT2D eigenvalue weighted by Gasteiger charge is 2.27. The minimum Gasteiger partial charge on any atom is -0.355 e. The minimum atomic E-state index is -0.0869. The molecule has 1 aromatic heterocycles. The molecule has 1 saturated carbocycles. The van der Waals surface area contributed by atoms with Gasteiger partial charge in [0.15, 0.2) is 0 Å². The molecular formula is C26H37ClN4O. The van der Waals surface area contributed by atoms with E-state index < -0.39 is 0 Å². The van der Waals surface area contributed by atoms with Gasteiger partial charge in [-0.1, -0.05) is 45.2 Å². The van der Waals surface area contributed by atoms with Gasteiger partial charge < -0.3 is 10.2 Å². The number of carbonyl (C=O) groups excluding carboxylic acids is 1. The van der Waals surface area contributed by atoms with E-state index in [4.69, 9.17) is 16.6 Å². The van der Waals surface area contributed by atoms with Crippen LogP contribution in [0.3, 0.4) is 0 Å². The highest BCUT2D eigenvalue weighted by atomic mass is 35.5. The van der Waals surface area contributed by atoms with Crippen molar-refractivity contribution in [2.24, 2.45) is 11.8 Å². The van der Waals surface area contributed by atoms with Crippen LogP contribution >= 0.6 is 11.6 Å². The summed E-state index contributed by atoms with van der Waals surface area (Å²) < 4.78 is 0. The number of rotatable bonds is 7. The van der Waals surface area contributed by atoms with E-state index >= 15 is 0 Å². The zero-order chi connectivity index (χ0) is 22.7. The van der Waals surface area contributed by atoms with Crippen LogP contribution < -0.4 is 10.2 Å². The number of anilines is 1. The molecule has 1 aromatic carbocycles. The largest absolute Gasteiger partial charge is 0.355 e. The number of aromatic nitrogens is 1. The first-order valence-corrected chi connectivity index (χ1v) is 12.7. The molecule has 174 valence electrons. The molecule has 1 amide bonds. The number of amides is 1. The lowest BCUT2D eigenvalue weighted by atomic mass is 9.82. The van der Waals surface area contributed by atoms with E-state index in [1.54, 1.807) is 6.07 Å². The Labute approximate surface area is 197 Å². The van der Waals surface area contributed by atoms with Gasteiger partial charge in [0, 0.05) is 31.1 Å². The molecule has 1 aliphatic carbocycles. The van der Waals surface area contributed by atoms with Crippen LogP contribution in [0.15, 0.2) is 24.3 Å². The van der Waals surface area contributed by atoms with Gasteiger partial charge in [-0.25, -0.2) is 4.98 Å². The van der Waals surface area contributed by atoms with E-state index in [0.717, 1.165) is 61.8 Å². The molecule has 0 bridgehead atoms. The van der Waals surface area contributed by atoms with Crippen molar-refractivity contribution < 1.29 is 4.79 Å². The highest BCUT2D eigenvalue weighted by Crippen LogP contribution is 2.30. The Kier molecular flexibility index (Phi) is 7.57. The van der Waals surface area contributed by atoms with E-state index in [1.807, 2.05) is 18.2 Å². The fourth-order valence-electron chi connectivity index (χ4n) is 5.63. The third-order valence-corrected chi connectivity index (χ3v) is 7.76. The molecule has 5 nitrogen and oxygen atoms in total. The Hall–Kier alpha value is -1.85.